The highest BCUT2D eigenvalue weighted by molar-refractivity contribution is 5.94. The predicted octanol–water partition coefficient (Wildman–Crippen LogP) is 2.02. The Labute approximate surface area is 79.5 Å². The average Bonchev–Trinajstić information content (AvgIpc) is 2.85. The number of H-pyrrole nitrogens is 1. The molecule has 2 aromatic heterocycles. The van der Waals surface area contributed by atoms with Crippen LogP contribution in [0.25, 0.3) is 22.2 Å². The second kappa shape index (κ2) is 2.70. The maximum absolute atomic E-state index is 4.94. The van der Waals surface area contributed by atoms with Gasteiger partial charge in [0.2, 0.25) is 5.76 Å². The molecule has 0 unspecified atom stereocenters. The molecule has 4 nitrogen and oxygen atoms in total. The molecule has 0 aliphatic rings. The van der Waals surface area contributed by atoms with Crippen molar-refractivity contribution in [1.82, 2.24) is 15.4 Å². The smallest absolute Gasteiger partial charge is 0.213 e. The molecular formula is C10H6N3O. The van der Waals surface area contributed by atoms with Gasteiger partial charge in [0.1, 0.15) is 0 Å². The molecule has 0 saturated heterocycles. The Hall–Kier alpha value is -2.10. The number of aromatic nitrogens is 3. The number of fused-ring (bicyclic) bond motifs is 1. The van der Waals surface area contributed by atoms with E-state index in [2.05, 4.69) is 21.6 Å². The Morgan fingerprint density at radius 2 is 2.21 bits per heavy atom. The Morgan fingerprint density at radius 3 is 3.07 bits per heavy atom. The summed E-state index contributed by atoms with van der Waals surface area (Å²) in [5, 5.41) is 9.12. The second-order valence-corrected chi connectivity index (χ2v) is 2.96. The summed E-state index contributed by atoms with van der Waals surface area (Å²) in [6.07, 6.45) is 4.59. The molecule has 0 atom stereocenters. The fourth-order valence-corrected chi connectivity index (χ4v) is 1.52. The Kier molecular flexibility index (Phi) is 1.41. The maximum Gasteiger partial charge on any atom is 0.213 e. The molecule has 3 aromatic rings. The monoisotopic (exact) mass is 184 g/mol. The highest BCUT2D eigenvalue weighted by Crippen LogP contribution is 2.26. The van der Waals surface area contributed by atoms with Crippen molar-refractivity contribution in [2.24, 2.45) is 0 Å². The number of rotatable bonds is 1. The van der Waals surface area contributed by atoms with Crippen LogP contribution >= 0.6 is 0 Å². The molecule has 0 aliphatic carbocycles. The minimum Gasteiger partial charge on any atom is -0.357 e. The molecule has 0 amide bonds. The Morgan fingerprint density at radius 1 is 1.29 bits per heavy atom. The maximum atomic E-state index is 4.94. The van der Waals surface area contributed by atoms with Crippen LogP contribution in [0.3, 0.4) is 0 Å². The van der Waals surface area contributed by atoms with Gasteiger partial charge < -0.3 is 9.51 Å². The Balaban J connectivity index is 2.33. The van der Waals surface area contributed by atoms with Crippen molar-refractivity contribution < 1.29 is 4.52 Å². The lowest BCUT2D eigenvalue weighted by molar-refractivity contribution is 0.403. The largest absolute Gasteiger partial charge is 0.357 e. The Bertz CT molecular complexity index is 554. The number of hydrogen-bond donors (Lipinski definition) is 1. The summed E-state index contributed by atoms with van der Waals surface area (Å²) in [5.41, 5.74) is 0.866. The number of benzene rings is 1. The zero-order valence-corrected chi connectivity index (χ0v) is 7.19. The van der Waals surface area contributed by atoms with Gasteiger partial charge in [-0.2, -0.15) is 0 Å². The van der Waals surface area contributed by atoms with Crippen LogP contribution in [0, 0.1) is 6.20 Å². The molecule has 0 aliphatic heterocycles. The molecule has 4 heteroatoms. The quantitative estimate of drug-likeness (QED) is 0.629. The van der Waals surface area contributed by atoms with Crippen molar-refractivity contribution in [3.8, 4) is 11.5 Å². The molecule has 1 N–H and O–H groups in total. The second-order valence-electron chi connectivity index (χ2n) is 2.96. The molecule has 14 heavy (non-hydrogen) atoms. The summed E-state index contributed by atoms with van der Waals surface area (Å²) in [6.45, 7) is 0. The lowest BCUT2D eigenvalue weighted by Crippen LogP contribution is -1.73. The van der Waals surface area contributed by atoms with Gasteiger partial charge in [-0.3, -0.25) is 0 Å². The van der Waals surface area contributed by atoms with E-state index in [4.69, 9.17) is 4.52 Å². The zero-order valence-electron chi connectivity index (χ0n) is 7.19. The van der Waals surface area contributed by atoms with E-state index in [1.807, 2.05) is 30.5 Å². The van der Waals surface area contributed by atoms with Crippen molar-refractivity contribution in [3.63, 3.8) is 0 Å². The molecule has 67 valence electrons. The first kappa shape index (κ1) is 7.32. The van der Waals surface area contributed by atoms with Gasteiger partial charge in [0.25, 0.3) is 0 Å². The summed E-state index contributed by atoms with van der Waals surface area (Å²) < 4.78 is 4.94. The van der Waals surface area contributed by atoms with E-state index < -0.39 is 0 Å². The van der Waals surface area contributed by atoms with E-state index in [-0.39, 0.29) is 0 Å². The van der Waals surface area contributed by atoms with E-state index >= 15 is 0 Å². The predicted molar refractivity (Wildman–Crippen MR) is 50.4 cm³/mol. The molecule has 1 radical (unpaired) electrons. The highest BCUT2D eigenvalue weighted by atomic mass is 16.5. The number of nitrogens with one attached hydrogen (secondary N) is 1. The van der Waals surface area contributed by atoms with Crippen LogP contribution in [-0.4, -0.2) is 15.4 Å². The van der Waals surface area contributed by atoms with Gasteiger partial charge in [0.15, 0.2) is 6.20 Å². The fraction of sp³-hybridized carbons (Fsp3) is 0. The number of aromatic amines is 1. The minimum atomic E-state index is 0.534. The van der Waals surface area contributed by atoms with Crippen LogP contribution < -0.4 is 0 Å². The summed E-state index contributed by atoms with van der Waals surface area (Å²) in [6, 6.07) is 8.00. The van der Waals surface area contributed by atoms with Crippen molar-refractivity contribution in [2.75, 3.05) is 0 Å². The zero-order chi connectivity index (χ0) is 9.38. The van der Waals surface area contributed by atoms with Gasteiger partial charge in [0.05, 0.1) is 5.69 Å². The van der Waals surface area contributed by atoms with Crippen molar-refractivity contribution in [2.45, 2.75) is 0 Å². The lowest BCUT2D eigenvalue weighted by atomic mass is 10.2. The summed E-state index contributed by atoms with van der Waals surface area (Å²) in [5.74, 6) is 0.534. The summed E-state index contributed by atoms with van der Waals surface area (Å²) in [4.78, 5) is 3.11. The van der Waals surface area contributed by atoms with Gasteiger partial charge in [-0.1, -0.05) is 24.3 Å². The van der Waals surface area contributed by atoms with Crippen LogP contribution in [0.1, 0.15) is 0 Å². The van der Waals surface area contributed by atoms with Gasteiger partial charge in [-0.05, 0) is 5.39 Å². The number of nitrogens with zero attached hydrogens (tertiary/aromatic N) is 2. The number of hydrogen-bond acceptors (Lipinski definition) is 3. The molecule has 0 saturated carbocycles. The molecular weight excluding hydrogens is 178 g/mol. The SMILES string of the molecule is [c]1nnoc1-c1[nH]cc2ccccc12. The van der Waals surface area contributed by atoms with Crippen LogP contribution in [-0.2, 0) is 0 Å². The topological polar surface area (TPSA) is 54.7 Å². The van der Waals surface area contributed by atoms with E-state index in [9.17, 15) is 0 Å². The van der Waals surface area contributed by atoms with E-state index in [1.165, 1.54) is 0 Å². The van der Waals surface area contributed by atoms with Crippen LogP contribution in [0.5, 0.6) is 0 Å². The standard InChI is InChI=1S/C10H6N3O/c1-2-4-8-7(3-1)5-11-10(8)9-6-12-13-14-9/h1-5,11H. The lowest BCUT2D eigenvalue weighted by Gasteiger charge is -1.90. The molecule has 2 heterocycles. The van der Waals surface area contributed by atoms with Crippen LogP contribution in [0.4, 0.5) is 0 Å². The first-order chi connectivity index (χ1) is 6.95. The normalized spacial score (nSPS) is 10.9. The molecule has 0 bridgehead atoms. The van der Waals surface area contributed by atoms with Crippen molar-refractivity contribution in [3.05, 3.63) is 36.7 Å². The van der Waals surface area contributed by atoms with Crippen LogP contribution in [0.15, 0.2) is 35.0 Å². The van der Waals surface area contributed by atoms with Gasteiger partial charge in [-0.25, -0.2) is 0 Å². The molecule has 3 rings (SSSR count). The third-order valence-corrected chi connectivity index (χ3v) is 2.15. The third kappa shape index (κ3) is 0.939. The molecule has 1 aromatic carbocycles. The van der Waals surface area contributed by atoms with Crippen molar-refractivity contribution >= 4 is 10.8 Å². The van der Waals surface area contributed by atoms with Gasteiger partial charge in [-0.15, -0.1) is 5.10 Å². The first-order valence-corrected chi connectivity index (χ1v) is 4.22. The van der Waals surface area contributed by atoms with Gasteiger partial charge in [0, 0.05) is 16.9 Å². The third-order valence-electron chi connectivity index (χ3n) is 2.15. The van der Waals surface area contributed by atoms with Crippen LogP contribution in [0.2, 0.25) is 0 Å². The summed E-state index contributed by atoms with van der Waals surface area (Å²) in [7, 11) is 0. The van der Waals surface area contributed by atoms with E-state index in [0.29, 0.717) is 5.76 Å². The molecule has 0 fully saturated rings. The van der Waals surface area contributed by atoms with Gasteiger partial charge >= 0.3 is 0 Å². The van der Waals surface area contributed by atoms with E-state index in [0.717, 1.165) is 16.5 Å². The minimum absolute atomic E-state index is 0.534. The average molecular weight is 184 g/mol. The highest BCUT2D eigenvalue weighted by Gasteiger charge is 2.09. The summed E-state index contributed by atoms with van der Waals surface area (Å²) >= 11 is 0. The first-order valence-electron chi connectivity index (χ1n) is 4.22. The molecule has 0 spiro atoms. The fourth-order valence-electron chi connectivity index (χ4n) is 1.52. The van der Waals surface area contributed by atoms with E-state index in [1.54, 1.807) is 0 Å². The van der Waals surface area contributed by atoms with Crippen molar-refractivity contribution in [1.29, 1.82) is 0 Å².